The highest BCUT2D eigenvalue weighted by atomic mass is 16.3. The van der Waals surface area contributed by atoms with Gasteiger partial charge in [0.15, 0.2) is 0 Å². The van der Waals surface area contributed by atoms with Crippen LogP contribution in [0.4, 0.5) is 5.69 Å². The Morgan fingerprint density at radius 3 is 2.56 bits per heavy atom. The van der Waals surface area contributed by atoms with Gasteiger partial charge in [-0.1, -0.05) is 19.2 Å². The number of anilines is 1. The topological polar surface area (TPSA) is 72.8 Å². The number of furan rings is 1. The highest BCUT2D eigenvalue weighted by molar-refractivity contribution is 6.12. The molecule has 0 amide bonds. The lowest BCUT2D eigenvalue weighted by atomic mass is 9.99. The molecule has 1 aromatic heterocycles. The zero-order chi connectivity index (χ0) is 18.6. The van der Waals surface area contributed by atoms with Crippen LogP contribution >= 0.6 is 0 Å². The molecule has 2 N–H and O–H groups in total. The first-order valence-electron chi connectivity index (χ1n) is 7.80. The van der Waals surface area contributed by atoms with Crippen molar-refractivity contribution in [2.75, 3.05) is 5.32 Å². The predicted octanol–water partition coefficient (Wildman–Crippen LogP) is 5.35. The van der Waals surface area contributed by atoms with E-state index >= 15 is 0 Å². The van der Waals surface area contributed by atoms with Gasteiger partial charge in [-0.3, -0.25) is 5.41 Å². The van der Waals surface area contributed by atoms with Gasteiger partial charge in [0.2, 0.25) is 0 Å². The van der Waals surface area contributed by atoms with Crippen LogP contribution in [0.1, 0.15) is 30.5 Å². The van der Waals surface area contributed by atoms with E-state index in [2.05, 4.69) is 24.5 Å². The highest BCUT2D eigenvalue weighted by Gasteiger charge is 2.11. The first-order valence-corrected chi connectivity index (χ1v) is 7.80. The number of aryl methyl sites for hydroxylation is 1. The maximum absolute atomic E-state index is 9.01. The third-order valence-corrected chi connectivity index (χ3v) is 4.16. The van der Waals surface area contributed by atoms with Gasteiger partial charge >= 0.3 is 0 Å². The van der Waals surface area contributed by atoms with Crippen molar-refractivity contribution in [3.05, 3.63) is 89.1 Å². The van der Waals surface area contributed by atoms with Gasteiger partial charge in [0, 0.05) is 28.1 Å². The maximum Gasteiger partial charge on any atom is 0.0996 e. The number of nitrogens with one attached hydrogen (secondary N) is 2. The quantitative estimate of drug-likeness (QED) is 0.426. The average Bonchev–Trinajstić information content (AvgIpc) is 3.15. The molecule has 0 spiro atoms. The number of hydrogen-bond acceptors (Lipinski definition) is 4. The van der Waals surface area contributed by atoms with Crippen molar-refractivity contribution in [3.63, 3.8) is 0 Å². The van der Waals surface area contributed by atoms with Crippen molar-refractivity contribution in [3.8, 4) is 6.07 Å². The van der Waals surface area contributed by atoms with E-state index in [1.807, 2.05) is 32.0 Å². The minimum absolute atomic E-state index is 0.399. The Morgan fingerprint density at radius 2 is 1.96 bits per heavy atom. The third-order valence-electron chi connectivity index (χ3n) is 4.16. The second kappa shape index (κ2) is 7.50. The molecule has 0 unspecified atom stereocenters. The van der Waals surface area contributed by atoms with Crippen molar-refractivity contribution < 1.29 is 4.42 Å². The first-order chi connectivity index (χ1) is 11.8. The zero-order valence-electron chi connectivity index (χ0n) is 14.7. The summed E-state index contributed by atoms with van der Waals surface area (Å²) < 4.78 is 5.07. The lowest BCUT2D eigenvalue weighted by Crippen LogP contribution is -2.06. The number of rotatable bonds is 6. The Labute approximate surface area is 148 Å². The third kappa shape index (κ3) is 3.96. The van der Waals surface area contributed by atoms with Crippen LogP contribution in [0.3, 0.4) is 0 Å². The maximum atomic E-state index is 9.01. The molecule has 1 heterocycles. The van der Waals surface area contributed by atoms with Gasteiger partial charge in [0.05, 0.1) is 24.3 Å². The summed E-state index contributed by atoms with van der Waals surface area (Å²) in [6.07, 6.45) is 3.11. The summed E-state index contributed by atoms with van der Waals surface area (Å²) >= 11 is 0. The van der Waals surface area contributed by atoms with Gasteiger partial charge in [-0.05, 0) is 55.7 Å². The van der Waals surface area contributed by atoms with Crippen LogP contribution in [0.15, 0.2) is 76.8 Å². The minimum Gasteiger partial charge on any atom is -0.472 e. The first kappa shape index (κ1) is 18.0. The van der Waals surface area contributed by atoms with Crippen molar-refractivity contribution in [2.45, 2.75) is 20.8 Å². The van der Waals surface area contributed by atoms with Crippen molar-refractivity contribution >= 4 is 11.4 Å². The molecule has 0 fully saturated rings. The van der Waals surface area contributed by atoms with Crippen LogP contribution in [0.25, 0.3) is 0 Å². The van der Waals surface area contributed by atoms with Crippen LogP contribution < -0.4 is 5.32 Å². The summed E-state index contributed by atoms with van der Waals surface area (Å²) in [7, 11) is 0. The van der Waals surface area contributed by atoms with E-state index in [-0.39, 0.29) is 0 Å². The molecule has 25 heavy (non-hydrogen) atoms. The smallest absolute Gasteiger partial charge is 0.0996 e. The van der Waals surface area contributed by atoms with Gasteiger partial charge < -0.3 is 9.73 Å². The fourth-order valence-electron chi connectivity index (χ4n) is 2.32. The van der Waals surface area contributed by atoms with E-state index in [9.17, 15) is 0 Å². The Bertz CT molecular complexity index is 909. The second-order valence-electron chi connectivity index (χ2n) is 5.86. The van der Waals surface area contributed by atoms with E-state index in [4.69, 9.17) is 15.1 Å². The van der Waals surface area contributed by atoms with Crippen LogP contribution in [0, 0.1) is 23.7 Å². The molecule has 0 bridgehead atoms. The molecular formula is C21H21N3O. The van der Waals surface area contributed by atoms with Crippen LogP contribution in [-0.2, 0) is 0 Å². The summed E-state index contributed by atoms with van der Waals surface area (Å²) in [5, 5.41) is 20.6. The van der Waals surface area contributed by atoms with Crippen molar-refractivity contribution in [1.29, 1.82) is 10.7 Å². The molecule has 0 aliphatic carbocycles. The van der Waals surface area contributed by atoms with Crippen LogP contribution in [-0.4, -0.2) is 5.71 Å². The molecule has 126 valence electrons. The summed E-state index contributed by atoms with van der Waals surface area (Å²) in [4.78, 5) is 0. The SMILES string of the molecule is C=C(Nc1ccc(C)c(C(=N)c2ccoc2)c1)C(=C)/C(C)=C(\C)C#N. The molecule has 0 saturated heterocycles. The zero-order valence-corrected chi connectivity index (χ0v) is 14.7. The van der Waals surface area contributed by atoms with Gasteiger partial charge in [-0.15, -0.1) is 0 Å². The Kier molecular flexibility index (Phi) is 5.41. The molecule has 2 rings (SSSR count). The molecular weight excluding hydrogens is 310 g/mol. The molecule has 1 aromatic carbocycles. The number of benzene rings is 1. The van der Waals surface area contributed by atoms with Gasteiger partial charge in [0.25, 0.3) is 0 Å². The Morgan fingerprint density at radius 1 is 1.24 bits per heavy atom. The largest absolute Gasteiger partial charge is 0.472 e. The molecule has 0 saturated carbocycles. The van der Waals surface area contributed by atoms with E-state index in [1.165, 1.54) is 0 Å². The fourth-order valence-corrected chi connectivity index (χ4v) is 2.32. The lowest BCUT2D eigenvalue weighted by Gasteiger charge is -2.15. The van der Waals surface area contributed by atoms with Gasteiger partial charge in [-0.2, -0.15) is 5.26 Å². The lowest BCUT2D eigenvalue weighted by molar-refractivity contribution is 0.567. The Hall–Kier alpha value is -3.32. The molecule has 0 aliphatic rings. The molecule has 4 heteroatoms. The second-order valence-corrected chi connectivity index (χ2v) is 5.86. The van der Waals surface area contributed by atoms with Crippen molar-refractivity contribution in [1.82, 2.24) is 0 Å². The molecule has 0 aliphatic heterocycles. The monoisotopic (exact) mass is 331 g/mol. The molecule has 0 radical (unpaired) electrons. The number of hydrogen-bond donors (Lipinski definition) is 2. The Balaban J connectivity index is 2.26. The number of nitriles is 1. The minimum atomic E-state index is 0.399. The van der Waals surface area contributed by atoms with Crippen LogP contribution in [0.2, 0.25) is 0 Å². The summed E-state index contributed by atoms with van der Waals surface area (Å²) in [5.74, 6) is 0. The summed E-state index contributed by atoms with van der Waals surface area (Å²) in [6, 6.07) is 9.67. The van der Waals surface area contributed by atoms with E-state index in [0.717, 1.165) is 28.0 Å². The number of nitrogens with zero attached hydrogens (tertiary/aromatic N) is 1. The normalized spacial score (nSPS) is 11.3. The van der Waals surface area contributed by atoms with Crippen molar-refractivity contribution in [2.24, 2.45) is 0 Å². The van der Waals surface area contributed by atoms with E-state index in [1.54, 1.807) is 25.5 Å². The average molecular weight is 331 g/mol. The number of allylic oxidation sites excluding steroid dienone is 2. The van der Waals surface area contributed by atoms with E-state index < -0.39 is 0 Å². The highest BCUT2D eigenvalue weighted by Crippen LogP contribution is 2.24. The van der Waals surface area contributed by atoms with E-state index in [0.29, 0.717) is 22.6 Å². The molecule has 4 nitrogen and oxygen atoms in total. The predicted molar refractivity (Wildman–Crippen MR) is 102 cm³/mol. The van der Waals surface area contributed by atoms with Crippen LogP contribution in [0.5, 0.6) is 0 Å². The fraction of sp³-hybridized carbons (Fsp3) is 0.143. The summed E-state index contributed by atoms with van der Waals surface area (Å²) in [6.45, 7) is 13.6. The molecule has 2 aromatic rings. The standard InChI is InChI=1S/C21H21N3O/c1-13-6-7-19(10-20(13)21(23)18-8-9-25-12-18)24-17(5)16(4)15(3)14(2)11-22/h6-10,12,23-24H,4-5H2,1-3H3/b15-14+,23-21?. The molecule has 0 atom stereocenters. The van der Waals surface area contributed by atoms with Gasteiger partial charge in [-0.25, -0.2) is 0 Å². The summed E-state index contributed by atoms with van der Waals surface area (Å²) in [5.41, 5.74) is 6.47. The van der Waals surface area contributed by atoms with Gasteiger partial charge in [0.1, 0.15) is 0 Å².